The molecule has 2 rings (SSSR count). The Morgan fingerprint density at radius 3 is 2.79 bits per heavy atom. The summed E-state index contributed by atoms with van der Waals surface area (Å²) in [5, 5.41) is 0. The van der Waals surface area contributed by atoms with Gasteiger partial charge in [-0.3, -0.25) is 0 Å². The van der Waals surface area contributed by atoms with Crippen LogP contribution in [0.1, 0.15) is 18.4 Å². The number of nitrogens with two attached hydrogens (primary N) is 1. The lowest BCUT2D eigenvalue weighted by Gasteiger charge is -2.17. The predicted molar refractivity (Wildman–Crippen MR) is 76.1 cm³/mol. The second-order valence-electron chi connectivity index (χ2n) is 5.28. The molecule has 0 aliphatic carbocycles. The minimum atomic E-state index is -2.81. The van der Waals surface area contributed by atoms with Gasteiger partial charge in [0.2, 0.25) is 0 Å². The van der Waals surface area contributed by atoms with Gasteiger partial charge < -0.3 is 10.5 Å². The van der Waals surface area contributed by atoms with Gasteiger partial charge in [-0.15, -0.1) is 0 Å². The second kappa shape index (κ2) is 5.92. The molecule has 0 bridgehead atoms. The van der Waals surface area contributed by atoms with Crippen LogP contribution in [0.15, 0.2) is 24.3 Å². The molecule has 2 N–H and O–H groups in total. The summed E-state index contributed by atoms with van der Waals surface area (Å²) >= 11 is 0. The first-order valence-corrected chi connectivity index (χ1v) is 8.40. The van der Waals surface area contributed by atoms with Gasteiger partial charge in [-0.2, -0.15) is 0 Å². The van der Waals surface area contributed by atoms with Crippen LogP contribution in [0.3, 0.4) is 0 Å². The Labute approximate surface area is 114 Å². The van der Waals surface area contributed by atoms with E-state index in [0.29, 0.717) is 11.5 Å². The third-order valence-electron chi connectivity index (χ3n) is 3.64. The monoisotopic (exact) mass is 283 g/mol. The van der Waals surface area contributed by atoms with E-state index in [1.165, 1.54) is 0 Å². The van der Waals surface area contributed by atoms with E-state index in [1.54, 1.807) is 7.11 Å². The Morgan fingerprint density at radius 2 is 2.16 bits per heavy atom. The van der Waals surface area contributed by atoms with Crippen molar-refractivity contribution in [1.82, 2.24) is 0 Å². The molecule has 0 spiro atoms. The maximum absolute atomic E-state index is 11.4. The minimum absolute atomic E-state index is 0.0189. The third-order valence-corrected chi connectivity index (χ3v) is 5.47. The fraction of sp³-hybridized carbons (Fsp3) is 0.571. The molecule has 0 radical (unpaired) electrons. The van der Waals surface area contributed by atoms with Crippen LogP contribution in [0.4, 0.5) is 0 Å². The van der Waals surface area contributed by atoms with Crippen molar-refractivity contribution in [2.45, 2.75) is 25.3 Å². The molecule has 1 aliphatic rings. The Kier molecular flexibility index (Phi) is 4.47. The van der Waals surface area contributed by atoms with E-state index in [9.17, 15) is 8.42 Å². The summed E-state index contributed by atoms with van der Waals surface area (Å²) in [7, 11) is -1.16. The first-order valence-electron chi connectivity index (χ1n) is 6.58. The maximum Gasteiger partial charge on any atom is 0.150 e. The molecule has 1 heterocycles. The fourth-order valence-corrected chi connectivity index (χ4v) is 4.60. The van der Waals surface area contributed by atoms with Gasteiger partial charge in [-0.05, 0) is 36.8 Å². The molecular formula is C14H21NO3S. The fourth-order valence-electron chi connectivity index (χ4n) is 2.72. The van der Waals surface area contributed by atoms with Crippen molar-refractivity contribution in [3.05, 3.63) is 29.8 Å². The molecular weight excluding hydrogens is 262 g/mol. The first kappa shape index (κ1) is 14.3. The summed E-state index contributed by atoms with van der Waals surface area (Å²) in [6, 6.07) is 7.79. The van der Waals surface area contributed by atoms with Crippen LogP contribution in [0.25, 0.3) is 0 Å². The lowest BCUT2D eigenvalue weighted by molar-refractivity contribution is 0.403. The highest BCUT2D eigenvalue weighted by atomic mass is 32.2. The molecule has 4 nitrogen and oxygen atoms in total. The van der Waals surface area contributed by atoms with Gasteiger partial charge in [-0.25, -0.2) is 8.42 Å². The zero-order valence-corrected chi connectivity index (χ0v) is 12.0. The number of hydrogen-bond acceptors (Lipinski definition) is 4. The molecule has 1 aliphatic heterocycles. The summed E-state index contributed by atoms with van der Waals surface area (Å²) in [5.41, 5.74) is 7.23. The number of benzene rings is 1. The summed E-state index contributed by atoms with van der Waals surface area (Å²) in [6.07, 6.45) is 2.24. The third kappa shape index (κ3) is 3.94. The average Bonchev–Trinajstić information content (AvgIpc) is 2.69. The van der Waals surface area contributed by atoms with E-state index in [0.717, 1.165) is 30.6 Å². The van der Waals surface area contributed by atoms with Crippen molar-refractivity contribution < 1.29 is 13.2 Å². The summed E-state index contributed by atoms with van der Waals surface area (Å²) in [6.45, 7) is 0. The van der Waals surface area contributed by atoms with E-state index in [2.05, 4.69) is 0 Å². The molecule has 5 heteroatoms. The molecule has 0 aromatic heterocycles. The van der Waals surface area contributed by atoms with Gasteiger partial charge in [-0.1, -0.05) is 18.2 Å². The van der Waals surface area contributed by atoms with Gasteiger partial charge in [0.05, 0.1) is 18.6 Å². The standard InChI is InChI=1S/C14H21NO3S/c1-18-14-5-3-2-4-12(14)9-13(15)8-11-6-7-19(16,17)10-11/h2-5,11,13H,6-10,15H2,1H3. The Morgan fingerprint density at radius 1 is 1.42 bits per heavy atom. The topological polar surface area (TPSA) is 69.4 Å². The van der Waals surface area contributed by atoms with Gasteiger partial charge in [0.15, 0.2) is 9.84 Å². The summed E-state index contributed by atoms with van der Waals surface area (Å²) < 4.78 is 28.1. The maximum atomic E-state index is 11.4. The molecule has 106 valence electrons. The van der Waals surface area contributed by atoms with E-state index in [1.807, 2.05) is 24.3 Å². The molecule has 0 amide bonds. The SMILES string of the molecule is COc1ccccc1CC(N)CC1CCS(=O)(=O)C1. The van der Waals surface area contributed by atoms with Crippen LogP contribution >= 0.6 is 0 Å². The van der Waals surface area contributed by atoms with E-state index in [4.69, 9.17) is 10.5 Å². The van der Waals surface area contributed by atoms with E-state index >= 15 is 0 Å². The molecule has 1 aromatic rings. The van der Waals surface area contributed by atoms with Crippen molar-refractivity contribution in [3.8, 4) is 5.75 Å². The summed E-state index contributed by atoms with van der Waals surface area (Å²) in [4.78, 5) is 0. The second-order valence-corrected chi connectivity index (χ2v) is 7.51. The quantitative estimate of drug-likeness (QED) is 0.886. The average molecular weight is 283 g/mol. The zero-order valence-electron chi connectivity index (χ0n) is 11.2. The Bertz CT molecular complexity index is 527. The van der Waals surface area contributed by atoms with Crippen LogP contribution in [0.2, 0.25) is 0 Å². The highest BCUT2D eigenvalue weighted by Crippen LogP contribution is 2.25. The number of methoxy groups -OCH3 is 1. The molecule has 1 aromatic carbocycles. The number of hydrogen-bond donors (Lipinski definition) is 1. The molecule has 2 atom stereocenters. The smallest absolute Gasteiger partial charge is 0.150 e. The van der Waals surface area contributed by atoms with Crippen LogP contribution in [0.5, 0.6) is 5.75 Å². The van der Waals surface area contributed by atoms with Gasteiger partial charge in [0.1, 0.15) is 5.75 Å². The molecule has 1 saturated heterocycles. The van der Waals surface area contributed by atoms with Gasteiger partial charge in [0.25, 0.3) is 0 Å². The highest BCUT2D eigenvalue weighted by molar-refractivity contribution is 7.91. The number of ether oxygens (including phenoxy) is 1. The molecule has 19 heavy (non-hydrogen) atoms. The lowest BCUT2D eigenvalue weighted by Crippen LogP contribution is -2.26. The lowest BCUT2D eigenvalue weighted by atomic mass is 9.95. The minimum Gasteiger partial charge on any atom is -0.496 e. The molecule has 1 fully saturated rings. The highest BCUT2D eigenvalue weighted by Gasteiger charge is 2.29. The molecule has 2 unspecified atom stereocenters. The van der Waals surface area contributed by atoms with Crippen molar-refractivity contribution in [1.29, 1.82) is 0 Å². The zero-order chi connectivity index (χ0) is 13.9. The number of sulfone groups is 1. The normalized spacial score (nSPS) is 23.2. The van der Waals surface area contributed by atoms with Crippen molar-refractivity contribution in [3.63, 3.8) is 0 Å². The van der Waals surface area contributed by atoms with Crippen LogP contribution in [0, 0.1) is 5.92 Å². The van der Waals surface area contributed by atoms with Gasteiger partial charge >= 0.3 is 0 Å². The van der Waals surface area contributed by atoms with Gasteiger partial charge in [0, 0.05) is 6.04 Å². The van der Waals surface area contributed by atoms with Crippen molar-refractivity contribution >= 4 is 9.84 Å². The summed E-state index contributed by atoms with van der Waals surface area (Å²) in [5.74, 6) is 1.68. The van der Waals surface area contributed by atoms with Crippen LogP contribution in [-0.2, 0) is 16.3 Å². The van der Waals surface area contributed by atoms with E-state index < -0.39 is 9.84 Å². The Balaban J connectivity index is 1.93. The van der Waals surface area contributed by atoms with Crippen LogP contribution in [-0.4, -0.2) is 33.1 Å². The predicted octanol–water partition coefficient (Wildman–Crippen LogP) is 1.39. The van der Waals surface area contributed by atoms with E-state index in [-0.39, 0.29) is 12.0 Å². The first-order chi connectivity index (χ1) is 9.00. The van der Waals surface area contributed by atoms with Crippen molar-refractivity contribution in [2.75, 3.05) is 18.6 Å². The number of rotatable bonds is 5. The van der Waals surface area contributed by atoms with Crippen LogP contribution < -0.4 is 10.5 Å². The number of para-hydroxylation sites is 1. The van der Waals surface area contributed by atoms with Crippen molar-refractivity contribution in [2.24, 2.45) is 11.7 Å². The molecule has 0 saturated carbocycles. The Hall–Kier alpha value is -1.07. The largest absolute Gasteiger partial charge is 0.496 e.